The van der Waals surface area contributed by atoms with Crippen LogP contribution in [0.3, 0.4) is 0 Å². The molecule has 3 aliphatic carbocycles. The Hall–Kier alpha value is -0.590. The first kappa shape index (κ1) is 10.6. The molecule has 0 unspecified atom stereocenters. The van der Waals surface area contributed by atoms with Crippen molar-refractivity contribution < 1.29 is 4.79 Å². The average molecular weight is 218 g/mol. The van der Waals surface area contributed by atoms with Gasteiger partial charge in [0.1, 0.15) is 5.78 Å². The van der Waals surface area contributed by atoms with E-state index in [4.69, 9.17) is 0 Å². The SMILES string of the molecule is CC1(C)CC=C[C@]2(C)[C@H]3CC[C@]2(C)C(=O)[C@H]31. The first-order valence-corrected chi connectivity index (χ1v) is 6.55. The Labute approximate surface area is 98.3 Å². The highest BCUT2D eigenvalue weighted by Crippen LogP contribution is 2.70. The summed E-state index contributed by atoms with van der Waals surface area (Å²) >= 11 is 0. The molecule has 0 heterocycles. The van der Waals surface area contributed by atoms with Gasteiger partial charge in [0.25, 0.3) is 0 Å². The number of hydrogen-bond donors (Lipinski definition) is 0. The van der Waals surface area contributed by atoms with Crippen molar-refractivity contribution in [1.82, 2.24) is 0 Å². The fourth-order valence-corrected chi connectivity index (χ4v) is 4.79. The topological polar surface area (TPSA) is 17.1 Å². The standard InChI is InChI=1S/C15H22O/c1-13(2)7-5-8-14(3)10-6-9-15(14,4)12(16)11(10)13/h5,8,10-11H,6-7,9H2,1-4H3/t10-,11-,14+,15+/m0/s1. The smallest absolute Gasteiger partial charge is 0.143 e. The zero-order chi connectivity index (χ0) is 11.8. The van der Waals surface area contributed by atoms with Crippen molar-refractivity contribution in [3.05, 3.63) is 12.2 Å². The van der Waals surface area contributed by atoms with Gasteiger partial charge in [-0.3, -0.25) is 4.79 Å². The van der Waals surface area contributed by atoms with Gasteiger partial charge in [-0.05, 0) is 30.6 Å². The summed E-state index contributed by atoms with van der Waals surface area (Å²) in [6.45, 7) is 9.08. The molecule has 2 fully saturated rings. The van der Waals surface area contributed by atoms with E-state index in [0.717, 1.165) is 12.8 Å². The van der Waals surface area contributed by atoms with Crippen molar-refractivity contribution in [3.8, 4) is 0 Å². The van der Waals surface area contributed by atoms with Crippen LogP contribution in [0.2, 0.25) is 0 Å². The molecule has 3 rings (SSSR count). The lowest BCUT2D eigenvalue weighted by Crippen LogP contribution is -2.39. The summed E-state index contributed by atoms with van der Waals surface area (Å²) < 4.78 is 0. The molecule has 0 aromatic rings. The Morgan fingerprint density at radius 2 is 1.94 bits per heavy atom. The number of allylic oxidation sites excluding steroid dienone is 2. The number of ketones is 1. The molecule has 3 aliphatic rings. The van der Waals surface area contributed by atoms with Crippen molar-refractivity contribution in [1.29, 1.82) is 0 Å². The van der Waals surface area contributed by atoms with Crippen molar-refractivity contribution in [3.63, 3.8) is 0 Å². The van der Waals surface area contributed by atoms with E-state index < -0.39 is 0 Å². The van der Waals surface area contributed by atoms with Gasteiger partial charge in [-0.15, -0.1) is 0 Å². The molecule has 4 bridgehead atoms. The van der Waals surface area contributed by atoms with Gasteiger partial charge >= 0.3 is 0 Å². The molecule has 0 aliphatic heterocycles. The number of carbonyl (C=O) groups is 1. The van der Waals surface area contributed by atoms with Gasteiger partial charge in [0.15, 0.2) is 0 Å². The summed E-state index contributed by atoms with van der Waals surface area (Å²) in [5.74, 6) is 1.45. The van der Waals surface area contributed by atoms with E-state index in [-0.39, 0.29) is 16.2 Å². The van der Waals surface area contributed by atoms with Crippen molar-refractivity contribution in [2.24, 2.45) is 28.1 Å². The number of rotatable bonds is 0. The van der Waals surface area contributed by atoms with Gasteiger partial charge in [0.2, 0.25) is 0 Å². The van der Waals surface area contributed by atoms with Crippen LogP contribution in [0.1, 0.15) is 47.0 Å². The van der Waals surface area contributed by atoms with Gasteiger partial charge in [-0.2, -0.15) is 0 Å². The molecule has 0 aromatic carbocycles. The third-order valence-electron chi connectivity index (χ3n) is 6.09. The number of carbonyl (C=O) groups excluding carboxylic acids is 1. The van der Waals surface area contributed by atoms with Crippen LogP contribution >= 0.6 is 0 Å². The van der Waals surface area contributed by atoms with Crippen molar-refractivity contribution in [2.45, 2.75) is 47.0 Å². The number of Topliss-reactive ketones (excluding diaryl/α,β-unsaturated/α-hetero) is 1. The third kappa shape index (κ3) is 0.881. The molecule has 0 spiro atoms. The Kier molecular flexibility index (Phi) is 1.73. The second kappa shape index (κ2) is 2.63. The third-order valence-corrected chi connectivity index (χ3v) is 6.09. The molecule has 2 saturated carbocycles. The summed E-state index contributed by atoms with van der Waals surface area (Å²) in [7, 11) is 0. The molecule has 0 amide bonds. The lowest BCUT2D eigenvalue weighted by atomic mass is 9.66. The van der Waals surface area contributed by atoms with Crippen LogP contribution in [-0.2, 0) is 4.79 Å². The highest BCUT2D eigenvalue weighted by molar-refractivity contribution is 5.93. The van der Waals surface area contributed by atoms with Gasteiger partial charge in [0, 0.05) is 16.7 Å². The Morgan fingerprint density at radius 1 is 1.25 bits per heavy atom. The average Bonchev–Trinajstić information content (AvgIpc) is 2.47. The molecule has 1 heteroatoms. The molecular formula is C15H22O. The van der Waals surface area contributed by atoms with Gasteiger partial charge in [0.05, 0.1) is 0 Å². The molecule has 88 valence electrons. The van der Waals surface area contributed by atoms with E-state index >= 15 is 0 Å². The second-order valence-electron chi connectivity index (χ2n) is 7.20. The van der Waals surface area contributed by atoms with Crippen LogP contribution in [-0.4, -0.2) is 5.78 Å². The number of hydrogen-bond acceptors (Lipinski definition) is 1. The fraction of sp³-hybridized carbons (Fsp3) is 0.800. The summed E-state index contributed by atoms with van der Waals surface area (Å²) in [5.41, 5.74) is 0.229. The highest BCUT2D eigenvalue weighted by Gasteiger charge is 2.70. The Morgan fingerprint density at radius 3 is 2.62 bits per heavy atom. The van der Waals surface area contributed by atoms with Crippen LogP contribution in [0.25, 0.3) is 0 Å². The van der Waals surface area contributed by atoms with Gasteiger partial charge in [-0.1, -0.05) is 39.8 Å². The van der Waals surface area contributed by atoms with Crippen molar-refractivity contribution in [2.75, 3.05) is 0 Å². The maximum atomic E-state index is 12.7. The molecule has 0 aromatic heterocycles. The van der Waals surface area contributed by atoms with Crippen LogP contribution in [0, 0.1) is 28.1 Å². The fourth-order valence-electron chi connectivity index (χ4n) is 4.79. The molecule has 1 nitrogen and oxygen atoms in total. The minimum Gasteiger partial charge on any atom is -0.299 e. The lowest BCUT2D eigenvalue weighted by molar-refractivity contribution is -0.134. The van der Waals surface area contributed by atoms with E-state index in [2.05, 4.69) is 39.8 Å². The summed E-state index contributed by atoms with van der Waals surface area (Å²) in [5, 5.41) is 0. The van der Waals surface area contributed by atoms with Crippen LogP contribution in [0.5, 0.6) is 0 Å². The second-order valence-corrected chi connectivity index (χ2v) is 7.20. The van der Waals surface area contributed by atoms with Gasteiger partial charge in [-0.25, -0.2) is 0 Å². The van der Waals surface area contributed by atoms with E-state index in [1.165, 1.54) is 6.42 Å². The largest absolute Gasteiger partial charge is 0.299 e. The van der Waals surface area contributed by atoms with E-state index in [0.29, 0.717) is 17.6 Å². The maximum Gasteiger partial charge on any atom is 0.143 e. The maximum absolute atomic E-state index is 12.7. The Bertz CT molecular complexity index is 392. The van der Waals surface area contributed by atoms with E-state index in [1.54, 1.807) is 0 Å². The monoisotopic (exact) mass is 218 g/mol. The molecule has 16 heavy (non-hydrogen) atoms. The van der Waals surface area contributed by atoms with Crippen molar-refractivity contribution >= 4 is 5.78 Å². The first-order chi connectivity index (χ1) is 7.33. The van der Waals surface area contributed by atoms with E-state index in [9.17, 15) is 4.79 Å². The molecular weight excluding hydrogens is 196 g/mol. The summed E-state index contributed by atoms with van der Waals surface area (Å²) in [6, 6.07) is 0. The molecule has 4 atom stereocenters. The molecule has 0 radical (unpaired) electrons. The predicted molar refractivity (Wildman–Crippen MR) is 65.0 cm³/mol. The predicted octanol–water partition coefficient (Wildman–Crippen LogP) is 3.59. The minimum absolute atomic E-state index is 0.0729. The van der Waals surface area contributed by atoms with Crippen LogP contribution in [0.15, 0.2) is 12.2 Å². The quantitative estimate of drug-likeness (QED) is 0.568. The zero-order valence-corrected chi connectivity index (χ0v) is 10.8. The Balaban J connectivity index is 2.22. The molecule has 0 N–H and O–H groups in total. The van der Waals surface area contributed by atoms with Crippen LogP contribution in [0.4, 0.5) is 0 Å². The highest BCUT2D eigenvalue weighted by atomic mass is 16.1. The van der Waals surface area contributed by atoms with Gasteiger partial charge < -0.3 is 0 Å². The zero-order valence-electron chi connectivity index (χ0n) is 10.8. The molecule has 0 saturated heterocycles. The van der Waals surface area contributed by atoms with E-state index in [1.807, 2.05) is 0 Å². The van der Waals surface area contributed by atoms with Crippen LogP contribution < -0.4 is 0 Å². The summed E-state index contributed by atoms with van der Waals surface area (Å²) in [6.07, 6.45) is 8.12. The normalized spacial score (nSPS) is 53.1. The lowest BCUT2D eigenvalue weighted by Gasteiger charge is -2.37. The minimum atomic E-state index is -0.0729. The first-order valence-electron chi connectivity index (χ1n) is 6.55. The summed E-state index contributed by atoms with van der Waals surface area (Å²) in [4.78, 5) is 12.7.